The van der Waals surface area contributed by atoms with E-state index in [0.29, 0.717) is 6.42 Å². The summed E-state index contributed by atoms with van der Waals surface area (Å²) in [7, 11) is 0. The zero-order valence-electron chi connectivity index (χ0n) is 4.71. The van der Waals surface area contributed by atoms with Crippen molar-refractivity contribution in [2.24, 2.45) is 0 Å². The van der Waals surface area contributed by atoms with E-state index in [1.54, 1.807) is 0 Å². The van der Waals surface area contributed by atoms with Gasteiger partial charge in [-0.3, -0.25) is 0 Å². The molecule has 42 valence electrons. The van der Waals surface area contributed by atoms with Gasteiger partial charge < -0.3 is 0 Å². The Kier molecular flexibility index (Phi) is 3.67. The molecule has 0 aromatic carbocycles. The zero-order valence-corrected chi connectivity index (χ0v) is 4.71. The highest BCUT2D eigenvalue weighted by molar-refractivity contribution is 4.78. The second kappa shape index (κ2) is 3.85. The molecule has 0 radical (unpaired) electrons. The Balaban J connectivity index is 2.82. The predicted octanol–water partition coefficient (Wildman–Crippen LogP) is 2.66. The molecular weight excluding hydrogens is 91.1 g/mol. The highest BCUT2D eigenvalue weighted by atomic mass is 19.1. The van der Waals surface area contributed by atoms with Gasteiger partial charge in [0.2, 0.25) is 0 Å². The van der Waals surface area contributed by atoms with E-state index in [1.807, 2.05) is 6.92 Å². The first-order valence-electron chi connectivity index (χ1n) is 2.60. The van der Waals surface area contributed by atoms with Gasteiger partial charge in [-0.25, -0.2) is 4.39 Å². The quantitative estimate of drug-likeness (QED) is 0.514. The molecule has 0 aromatic rings. The number of allylic oxidation sites excluding steroid dienone is 1. The molecule has 0 heterocycles. The molecule has 0 unspecified atom stereocenters. The molecule has 0 amide bonds. The minimum atomic E-state index is -0.193. The molecule has 0 aliphatic carbocycles. The average molecular weight is 102 g/mol. The van der Waals surface area contributed by atoms with Crippen LogP contribution in [0.2, 0.25) is 0 Å². The first-order valence-corrected chi connectivity index (χ1v) is 2.60. The fraction of sp³-hybridized carbons (Fsp3) is 0.667. The molecular formula is C6H11F. The average Bonchev–Trinajstić information content (AvgIpc) is 1.61. The van der Waals surface area contributed by atoms with Crippen LogP contribution in [0.5, 0.6) is 0 Å². The van der Waals surface area contributed by atoms with Gasteiger partial charge in [0, 0.05) is 0 Å². The fourth-order valence-corrected chi connectivity index (χ4v) is 0.369. The van der Waals surface area contributed by atoms with Crippen LogP contribution in [0.4, 0.5) is 4.39 Å². The first kappa shape index (κ1) is 6.67. The molecule has 0 fully saturated rings. The topological polar surface area (TPSA) is 0 Å². The van der Waals surface area contributed by atoms with Crippen molar-refractivity contribution in [1.29, 1.82) is 0 Å². The van der Waals surface area contributed by atoms with Crippen molar-refractivity contribution >= 4 is 0 Å². The number of halogens is 1. The van der Waals surface area contributed by atoms with Crippen LogP contribution < -0.4 is 0 Å². The molecule has 0 aliphatic heterocycles. The molecule has 0 saturated carbocycles. The molecule has 0 bridgehead atoms. The van der Waals surface area contributed by atoms with Crippen LogP contribution in [0.1, 0.15) is 26.2 Å². The van der Waals surface area contributed by atoms with Crippen molar-refractivity contribution in [3.63, 3.8) is 0 Å². The third-order valence-electron chi connectivity index (χ3n) is 0.802. The van der Waals surface area contributed by atoms with E-state index in [4.69, 9.17) is 0 Å². The molecule has 1 heteroatoms. The van der Waals surface area contributed by atoms with Gasteiger partial charge in [-0.2, -0.15) is 0 Å². The maximum atomic E-state index is 11.7. The van der Waals surface area contributed by atoms with Crippen molar-refractivity contribution < 1.29 is 4.39 Å². The number of hydrogen-bond donors (Lipinski definition) is 0. The molecule has 0 rings (SSSR count). The summed E-state index contributed by atoms with van der Waals surface area (Å²) in [6.45, 7) is 5.16. The van der Waals surface area contributed by atoms with Crippen LogP contribution in [0.3, 0.4) is 0 Å². The lowest BCUT2D eigenvalue weighted by Crippen LogP contribution is -1.69. The summed E-state index contributed by atoms with van der Waals surface area (Å²) in [5, 5.41) is 0. The largest absolute Gasteiger partial charge is 0.212 e. The van der Waals surface area contributed by atoms with Gasteiger partial charge in [0.15, 0.2) is 0 Å². The molecule has 0 aromatic heterocycles. The van der Waals surface area contributed by atoms with Crippen LogP contribution in [-0.2, 0) is 0 Å². The smallest absolute Gasteiger partial charge is 0.0928 e. The highest BCUT2D eigenvalue weighted by Crippen LogP contribution is 2.03. The van der Waals surface area contributed by atoms with Gasteiger partial charge in [-0.15, -0.1) is 0 Å². The maximum Gasteiger partial charge on any atom is 0.0928 e. The molecule has 0 spiro atoms. The molecule has 0 aliphatic rings. The van der Waals surface area contributed by atoms with Crippen LogP contribution in [0, 0.1) is 0 Å². The summed E-state index contributed by atoms with van der Waals surface area (Å²) in [6.07, 6.45) is 2.51. The van der Waals surface area contributed by atoms with Crippen molar-refractivity contribution in [2.75, 3.05) is 0 Å². The summed E-state index contributed by atoms with van der Waals surface area (Å²) < 4.78 is 11.7. The standard InChI is InChI=1S/C6H11F/c1-3-4-5-6(2)7/h2-5H2,1H3. The summed E-state index contributed by atoms with van der Waals surface area (Å²) in [5.41, 5.74) is 0. The first-order chi connectivity index (χ1) is 3.27. The minimum absolute atomic E-state index is 0.193. The third-order valence-corrected chi connectivity index (χ3v) is 0.802. The molecule has 0 N–H and O–H groups in total. The van der Waals surface area contributed by atoms with Crippen LogP contribution in [0.15, 0.2) is 12.4 Å². The van der Waals surface area contributed by atoms with E-state index in [9.17, 15) is 4.39 Å². The monoisotopic (exact) mass is 102 g/mol. The van der Waals surface area contributed by atoms with Crippen LogP contribution in [0.25, 0.3) is 0 Å². The Hall–Kier alpha value is -0.330. The number of hydrogen-bond acceptors (Lipinski definition) is 0. The third kappa shape index (κ3) is 5.67. The van der Waals surface area contributed by atoms with Gasteiger partial charge in [0.05, 0.1) is 5.83 Å². The molecule has 0 atom stereocenters. The van der Waals surface area contributed by atoms with Gasteiger partial charge in [-0.05, 0) is 12.8 Å². The lowest BCUT2D eigenvalue weighted by molar-refractivity contribution is 0.574. The Morgan fingerprint density at radius 2 is 2.29 bits per heavy atom. The lowest BCUT2D eigenvalue weighted by Gasteiger charge is -1.88. The summed E-state index contributed by atoms with van der Waals surface area (Å²) >= 11 is 0. The zero-order chi connectivity index (χ0) is 5.70. The van der Waals surface area contributed by atoms with E-state index in [0.717, 1.165) is 12.8 Å². The van der Waals surface area contributed by atoms with Crippen molar-refractivity contribution in [3.05, 3.63) is 12.4 Å². The van der Waals surface area contributed by atoms with Gasteiger partial charge in [0.1, 0.15) is 0 Å². The molecule has 0 saturated heterocycles. The van der Waals surface area contributed by atoms with E-state index in [1.165, 1.54) is 0 Å². The minimum Gasteiger partial charge on any atom is -0.212 e. The van der Waals surface area contributed by atoms with Crippen molar-refractivity contribution in [1.82, 2.24) is 0 Å². The van der Waals surface area contributed by atoms with Crippen LogP contribution in [-0.4, -0.2) is 0 Å². The lowest BCUT2D eigenvalue weighted by atomic mass is 10.2. The second-order valence-electron chi connectivity index (χ2n) is 1.62. The number of unbranched alkanes of at least 4 members (excludes halogenated alkanes) is 1. The number of rotatable bonds is 3. The van der Waals surface area contributed by atoms with Gasteiger partial charge in [0.25, 0.3) is 0 Å². The fourth-order valence-electron chi connectivity index (χ4n) is 0.369. The Bertz CT molecular complexity index is 57.2. The Morgan fingerprint density at radius 3 is 2.43 bits per heavy atom. The Morgan fingerprint density at radius 1 is 1.71 bits per heavy atom. The summed E-state index contributed by atoms with van der Waals surface area (Å²) in [4.78, 5) is 0. The SMILES string of the molecule is C=C(F)CCCC. The second-order valence-corrected chi connectivity index (χ2v) is 1.62. The van der Waals surface area contributed by atoms with Gasteiger partial charge >= 0.3 is 0 Å². The van der Waals surface area contributed by atoms with Crippen molar-refractivity contribution in [3.8, 4) is 0 Å². The van der Waals surface area contributed by atoms with E-state index in [-0.39, 0.29) is 5.83 Å². The van der Waals surface area contributed by atoms with Crippen LogP contribution >= 0.6 is 0 Å². The Labute approximate surface area is 44.0 Å². The van der Waals surface area contributed by atoms with Gasteiger partial charge in [-0.1, -0.05) is 19.9 Å². The van der Waals surface area contributed by atoms with E-state index in [2.05, 4.69) is 6.58 Å². The molecule has 7 heavy (non-hydrogen) atoms. The summed E-state index contributed by atoms with van der Waals surface area (Å²) in [6, 6.07) is 0. The van der Waals surface area contributed by atoms with Crippen molar-refractivity contribution in [2.45, 2.75) is 26.2 Å². The van der Waals surface area contributed by atoms with E-state index >= 15 is 0 Å². The predicted molar refractivity (Wildman–Crippen MR) is 29.8 cm³/mol. The summed E-state index contributed by atoms with van der Waals surface area (Å²) in [5.74, 6) is -0.193. The highest BCUT2D eigenvalue weighted by Gasteiger charge is 1.85. The molecule has 0 nitrogen and oxygen atoms in total. The van der Waals surface area contributed by atoms with E-state index < -0.39 is 0 Å². The maximum absolute atomic E-state index is 11.7. The normalized spacial score (nSPS) is 8.86.